The van der Waals surface area contributed by atoms with Crippen LogP contribution in [0.2, 0.25) is 0 Å². The van der Waals surface area contributed by atoms with Gasteiger partial charge in [-0.15, -0.1) is 0 Å². The third kappa shape index (κ3) is 2.27. The summed E-state index contributed by atoms with van der Waals surface area (Å²) in [5.41, 5.74) is 6.33. The van der Waals surface area contributed by atoms with E-state index in [1.165, 1.54) is 17.0 Å². The smallest absolute Gasteiger partial charge is 0.172 e. The van der Waals surface area contributed by atoms with Gasteiger partial charge >= 0.3 is 0 Å². The molecule has 0 spiro atoms. The number of hydrogen-bond acceptors (Lipinski definition) is 8. The van der Waals surface area contributed by atoms with Crippen molar-refractivity contribution >= 4 is 27.8 Å². The van der Waals surface area contributed by atoms with Crippen molar-refractivity contribution in [1.29, 1.82) is 0 Å². The Bertz CT molecular complexity index is 737. The number of hydrogen-bond donors (Lipinski definition) is 5. The van der Waals surface area contributed by atoms with Crippen molar-refractivity contribution in [3.8, 4) is 0 Å². The van der Waals surface area contributed by atoms with E-state index in [0.717, 1.165) is 0 Å². The molecule has 1 fully saturated rings. The highest BCUT2D eigenvalue weighted by Crippen LogP contribution is 2.32. The number of imidazole rings is 1. The van der Waals surface area contributed by atoms with Gasteiger partial charge in [-0.1, -0.05) is 0 Å². The van der Waals surface area contributed by atoms with Crippen LogP contribution in [0, 0.1) is 0 Å². The number of aromatic nitrogens is 3. The molecule has 2 unspecified atom stereocenters. The summed E-state index contributed by atoms with van der Waals surface area (Å²) in [5, 5.41) is 34.4. The number of aliphatic hydroxyl groups excluding tert-OH is 3. The molecule has 3 heterocycles. The van der Waals surface area contributed by atoms with Crippen molar-refractivity contribution in [1.82, 2.24) is 14.5 Å². The normalized spacial score (nSPS) is 30.0. The Morgan fingerprint density at radius 1 is 1.41 bits per heavy atom. The molecule has 0 aromatic carbocycles. The predicted molar refractivity (Wildman–Crippen MR) is 75.5 cm³/mol. The van der Waals surface area contributed by atoms with E-state index in [2.05, 4.69) is 9.97 Å². The summed E-state index contributed by atoms with van der Waals surface area (Å²) >= 11 is 0. The van der Waals surface area contributed by atoms with Crippen LogP contribution in [0.1, 0.15) is 6.23 Å². The van der Waals surface area contributed by atoms with Crippen LogP contribution in [0.25, 0.3) is 11.0 Å². The Morgan fingerprint density at radius 3 is 2.73 bits per heavy atom. The molecule has 10 nitrogen and oxygen atoms in total. The monoisotopic (exact) mass is 329 g/mol. The Hall–Kier alpha value is -1.63. The van der Waals surface area contributed by atoms with Crippen LogP contribution in [0.5, 0.6) is 0 Å². The minimum atomic E-state index is -1.89. The van der Waals surface area contributed by atoms with Gasteiger partial charge in [-0.3, -0.25) is 0 Å². The van der Waals surface area contributed by atoms with Gasteiger partial charge < -0.3 is 30.4 Å². The first-order valence-electron chi connectivity index (χ1n) is 6.35. The van der Waals surface area contributed by atoms with E-state index in [4.69, 9.17) is 20.7 Å². The maximum absolute atomic E-state index is 11.5. The minimum Gasteiger partial charge on any atom is -0.394 e. The van der Waals surface area contributed by atoms with Crippen molar-refractivity contribution in [2.75, 3.05) is 12.3 Å². The van der Waals surface area contributed by atoms with E-state index in [0.29, 0.717) is 5.52 Å². The molecule has 0 bridgehead atoms. The summed E-state index contributed by atoms with van der Waals surface area (Å²) in [6.45, 7) is -0.441. The van der Waals surface area contributed by atoms with E-state index >= 15 is 0 Å². The van der Waals surface area contributed by atoms with E-state index in [-0.39, 0.29) is 16.4 Å². The highest BCUT2D eigenvalue weighted by Gasteiger charge is 2.43. The minimum absolute atomic E-state index is 0.0143. The molecule has 22 heavy (non-hydrogen) atoms. The zero-order valence-electron chi connectivity index (χ0n) is 11.2. The molecule has 0 radical (unpaired) electrons. The molecule has 2 aromatic rings. The molecule has 1 saturated heterocycles. The molecule has 1 aliphatic rings. The lowest BCUT2D eigenvalue weighted by atomic mass is 10.1. The zero-order chi connectivity index (χ0) is 16.0. The van der Waals surface area contributed by atoms with E-state index in [9.17, 15) is 14.4 Å². The summed E-state index contributed by atoms with van der Waals surface area (Å²) in [5.74, 6) is 0.0785. The quantitative estimate of drug-likeness (QED) is 0.415. The topological polar surface area (TPSA) is 170 Å². The zero-order valence-corrected chi connectivity index (χ0v) is 12.1. The third-order valence-corrected chi connectivity index (χ3v) is 4.20. The molecular formula is C11H15N5O5S. The van der Waals surface area contributed by atoms with Crippen molar-refractivity contribution in [2.24, 2.45) is 5.14 Å². The molecule has 0 aliphatic carbocycles. The summed E-state index contributed by atoms with van der Waals surface area (Å²) in [6.07, 6.45) is -3.06. The van der Waals surface area contributed by atoms with Gasteiger partial charge in [0.15, 0.2) is 11.3 Å². The van der Waals surface area contributed by atoms with Crippen molar-refractivity contribution < 1.29 is 24.3 Å². The molecule has 11 heteroatoms. The van der Waals surface area contributed by atoms with Gasteiger partial charge in [-0.2, -0.15) is 0 Å². The van der Waals surface area contributed by atoms with Crippen molar-refractivity contribution in [3.63, 3.8) is 0 Å². The lowest BCUT2D eigenvalue weighted by molar-refractivity contribution is -0.0508. The van der Waals surface area contributed by atoms with Crippen LogP contribution in [0.15, 0.2) is 17.4 Å². The van der Waals surface area contributed by atoms with Gasteiger partial charge in [0.1, 0.15) is 40.6 Å². The number of fused-ring (bicyclic) bond motifs is 1. The molecule has 1 aliphatic heterocycles. The van der Waals surface area contributed by atoms with E-state index in [1.807, 2.05) is 0 Å². The first kappa shape index (κ1) is 15.3. The van der Waals surface area contributed by atoms with Gasteiger partial charge in [-0.25, -0.2) is 19.3 Å². The first-order valence-corrected chi connectivity index (χ1v) is 7.57. The van der Waals surface area contributed by atoms with Gasteiger partial charge in [-0.05, 0) is 0 Å². The van der Waals surface area contributed by atoms with E-state index < -0.39 is 42.1 Å². The summed E-state index contributed by atoms with van der Waals surface area (Å²) in [7, 11) is -1.89. The number of nitrogens with zero attached hydrogens (tertiary/aromatic N) is 3. The SMILES string of the molecule is Nc1cc2c(ncn2C2O[C@H](CO)[C@@H](O)[C@H]2O)c(S(N)=O)n1. The molecule has 2 aromatic heterocycles. The Morgan fingerprint density at radius 2 is 2.14 bits per heavy atom. The summed E-state index contributed by atoms with van der Waals surface area (Å²) in [4.78, 5) is 7.96. The number of rotatable bonds is 3. The fourth-order valence-electron chi connectivity index (χ4n) is 2.47. The van der Waals surface area contributed by atoms with Crippen LogP contribution in [0.3, 0.4) is 0 Å². The summed E-state index contributed by atoms with van der Waals surface area (Å²) in [6, 6.07) is 1.47. The number of nitrogens with two attached hydrogens (primary N) is 2. The second kappa shape index (κ2) is 5.53. The Balaban J connectivity index is 2.11. The largest absolute Gasteiger partial charge is 0.394 e. The molecule has 5 atom stereocenters. The molecular weight excluding hydrogens is 314 g/mol. The van der Waals surface area contributed by atoms with Crippen LogP contribution < -0.4 is 10.9 Å². The van der Waals surface area contributed by atoms with Crippen molar-refractivity contribution in [3.05, 3.63) is 12.4 Å². The average Bonchev–Trinajstić information content (AvgIpc) is 3.00. The maximum atomic E-state index is 11.5. The molecule has 120 valence electrons. The Kier molecular flexibility index (Phi) is 3.84. The molecule has 0 amide bonds. The number of pyridine rings is 1. The third-order valence-electron chi connectivity index (χ3n) is 3.53. The van der Waals surface area contributed by atoms with Gasteiger partial charge in [0.2, 0.25) is 0 Å². The van der Waals surface area contributed by atoms with Crippen molar-refractivity contribution in [2.45, 2.75) is 29.6 Å². The number of anilines is 1. The van der Waals surface area contributed by atoms with Gasteiger partial charge in [0, 0.05) is 6.07 Å². The highest BCUT2D eigenvalue weighted by molar-refractivity contribution is 7.82. The van der Waals surface area contributed by atoms with Crippen LogP contribution in [-0.4, -0.2) is 59.0 Å². The summed E-state index contributed by atoms with van der Waals surface area (Å²) < 4.78 is 18.4. The molecule has 7 N–H and O–H groups in total. The lowest BCUT2D eigenvalue weighted by Gasteiger charge is -2.17. The van der Waals surface area contributed by atoms with Gasteiger partial charge in [0.05, 0.1) is 18.5 Å². The standard InChI is InChI=1S/C11H15N5O5S/c12-6-1-4-7(10(15-6)22(13)20)14-3-16(4)11-9(19)8(18)5(2-17)21-11/h1,3,5,8-9,11,17-19H,2,13H2,(H2,12,15)/t5-,8-,9-,11?,22?/m1/s1. The van der Waals surface area contributed by atoms with Crippen LogP contribution >= 0.6 is 0 Å². The first-order chi connectivity index (χ1) is 10.4. The second-order valence-electron chi connectivity index (χ2n) is 4.90. The van der Waals surface area contributed by atoms with Gasteiger partial charge in [0.25, 0.3) is 0 Å². The Labute approximate surface area is 126 Å². The average molecular weight is 329 g/mol. The maximum Gasteiger partial charge on any atom is 0.172 e. The number of ether oxygens (including phenoxy) is 1. The van der Waals surface area contributed by atoms with E-state index in [1.54, 1.807) is 0 Å². The number of aliphatic hydroxyl groups is 3. The van der Waals surface area contributed by atoms with Crippen LogP contribution in [0.4, 0.5) is 5.82 Å². The lowest BCUT2D eigenvalue weighted by Crippen LogP contribution is -2.33. The highest BCUT2D eigenvalue weighted by atomic mass is 32.2. The van der Waals surface area contributed by atoms with Crippen LogP contribution in [-0.2, 0) is 15.7 Å². The molecule has 0 saturated carbocycles. The number of nitrogen functional groups attached to an aromatic ring is 1. The predicted octanol–water partition coefficient (Wildman–Crippen LogP) is -2.39. The molecule has 3 rings (SSSR count). The fraction of sp³-hybridized carbons (Fsp3) is 0.455. The fourth-order valence-corrected chi connectivity index (χ4v) is 3.02. The second-order valence-corrected chi connectivity index (χ2v) is 5.88.